The van der Waals surface area contributed by atoms with Gasteiger partial charge in [0.1, 0.15) is 11.9 Å². The molecule has 3 aliphatic rings. The van der Waals surface area contributed by atoms with Crippen LogP contribution in [0.15, 0.2) is 18.2 Å². The number of likely N-dealkylation sites (tertiary alicyclic amines) is 1. The summed E-state index contributed by atoms with van der Waals surface area (Å²) in [5.41, 5.74) is 7.14. The maximum Gasteiger partial charge on any atom is 0.249 e. The number of nitrogens with zero attached hydrogens (tertiary/aromatic N) is 1. The normalized spacial score (nSPS) is 27.9. The van der Waals surface area contributed by atoms with Gasteiger partial charge in [0, 0.05) is 19.0 Å². The first kappa shape index (κ1) is 25.1. The molecular weight excluding hydrogens is 435 g/mol. The molecule has 2 amide bonds. The predicted molar refractivity (Wildman–Crippen MR) is 130 cm³/mol. The lowest BCUT2D eigenvalue weighted by Crippen LogP contribution is -2.47. The van der Waals surface area contributed by atoms with Gasteiger partial charge in [0.2, 0.25) is 11.8 Å². The molecule has 2 saturated heterocycles. The highest BCUT2D eigenvalue weighted by Gasteiger charge is 2.29. The predicted octanol–water partition coefficient (Wildman–Crippen LogP) is 3.14. The van der Waals surface area contributed by atoms with Crippen molar-refractivity contribution in [3.63, 3.8) is 0 Å². The van der Waals surface area contributed by atoms with Gasteiger partial charge in [0.25, 0.3) is 0 Å². The Hall–Kier alpha value is -2.03. The van der Waals surface area contributed by atoms with E-state index in [4.69, 9.17) is 10.5 Å². The number of anilines is 1. The Bertz CT molecular complexity index is 848. The molecule has 8 heteroatoms. The molecule has 0 aromatic heterocycles. The van der Waals surface area contributed by atoms with Gasteiger partial charge >= 0.3 is 0 Å². The number of benzene rings is 1. The molecule has 1 aromatic carbocycles. The minimum atomic E-state index is -0.577. The van der Waals surface area contributed by atoms with E-state index in [0.29, 0.717) is 30.7 Å². The van der Waals surface area contributed by atoms with Crippen LogP contribution in [0.1, 0.15) is 69.8 Å². The zero-order valence-electron chi connectivity index (χ0n) is 20.2. The molecule has 7 nitrogen and oxygen atoms in total. The van der Waals surface area contributed by atoms with Gasteiger partial charge in [0.15, 0.2) is 0 Å². The second-order valence-electron chi connectivity index (χ2n) is 10.4. The number of ether oxygens (including phenoxy) is 1. The van der Waals surface area contributed by atoms with Crippen LogP contribution in [0.3, 0.4) is 0 Å². The number of nitrogens with one attached hydrogen (secondary N) is 2. The lowest BCUT2D eigenvalue weighted by atomic mass is 9.85. The number of piperidine rings is 2. The van der Waals surface area contributed by atoms with Gasteiger partial charge in [0.05, 0.1) is 18.4 Å². The van der Waals surface area contributed by atoms with Crippen molar-refractivity contribution in [1.82, 2.24) is 10.2 Å². The second kappa shape index (κ2) is 11.6. The lowest BCUT2D eigenvalue weighted by Gasteiger charge is -2.37. The quantitative estimate of drug-likeness (QED) is 0.501. The standard InChI is InChI=1S/C26H39FN4O3/c1-17(28)16-34-21-5-2-18(3-6-21)15-31-12-10-19(11-13-31)20-4-7-23(22(27)14-20)29-24-8-9-25(32)30-26(24)33/h4,7,14,17-19,21,24,29H,2-3,5-6,8-13,15-16,28H2,1H3,(H,30,32,33)/t17-,18?,21?,24?/m1/s1. The van der Waals surface area contributed by atoms with Crippen LogP contribution in [0.4, 0.5) is 10.1 Å². The molecule has 2 heterocycles. The summed E-state index contributed by atoms with van der Waals surface area (Å²) in [6.07, 6.45) is 7.79. The number of hydrogen-bond acceptors (Lipinski definition) is 6. The summed E-state index contributed by atoms with van der Waals surface area (Å²) in [4.78, 5) is 25.8. The fourth-order valence-electron chi connectivity index (χ4n) is 5.50. The fraction of sp³-hybridized carbons (Fsp3) is 0.692. The second-order valence-corrected chi connectivity index (χ2v) is 10.4. The van der Waals surface area contributed by atoms with Crippen molar-refractivity contribution in [3.8, 4) is 0 Å². The van der Waals surface area contributed by atoms with Crippen LogP contribution in [-0.2, 0) is 14.3 Å². The van der Waals surface area contributed by atoms with Crippen LogP contribution in [0.5, 0.6) is 0 Å². The highest BCUT2D eigenvalue weighted by molar-refractivity contribution is 6.01. The Morgan fingerprint density at radius 1 is 1.15 bits per heavy atom. The SMILES string of the molecule is C[C@@H](N)COC1CCC(CN2CCC(c3ccc(NC4CCC(=O)NC4=O)c(F)c3)CC2)CC1. The van der Waals surface area contributed by atoms with E-state index in [2.05, 4.69) is 15.5 Å². The van der Waals surface area contributed by atoms with Gasteiger partial charge in [-0.1, -0.05) is 6.07 Å². The summed E-state index contributed by atoms with van der Waals surface area (Å²) in [7, 11) is 0. The van der Waals surface area contributed by atoms with Crippen LogP contribution in [0, 0.1) is 11.7 Å². The molecule has 4 rings (SSSR count). The molecule has 0 spiro atoms. The highest BCUT2D eigenvalue weighted by Crippen LogP contribution is 2.33. The van der Waals surface area contributed by atoms with Gasteiger partial charge in [-0.3, -0.25) is 14.9 Å². The van der Waals surface area contributed by atoms with Crippen molar-refractivity contribution in [3.05, 3.63) is 29.6 Å². The van der Waals surface area contributed by atoms with Crippen LogP contribution >= 0.6 is 0 Å². The largest absolute Gasteiger partial charge is 0.377 e. The van der Waals surface area contributed by atoms with E-state index in [0.717, 1.165) is 56.8 Å². The number of carbonyl (C=O) groups is 2. The molecule has 1 aliphatic carbocycles. The van der Waals surface area contributed by atoms with Crippen molar-refractivity contribution in [2.24, 2.45) is 11.7 Å². The van der Waals surface area contributed by atoms with Crippen molar-refractivity contribution in [2.75, 3.05) is 31.6 Å². The Morgan fingerprint density at radius 2 is 1.88 bits per heavy atom. The smallest absolute Gasteiger partial charge is 0.249 e. The molecule has 1 saturated carbocycles. The first-order valence-electron chi connectivity index (χ1n) is 12.9. The minimum absolute atomic E-state index is 0.102. The molecule has 34 heavy (non-hydrogen) atoms. The number of rotatable bonds is 8. The number of amides is 2. The highest BCUT2D eigenvalue weighted by atomic mass is 19.1. The van der Waals surface area contributed by atoms with E-state index in [1.165, 1.54) is 12.8 Å². The maximum atomic E-state index is 14.8. The Labute approximate surface area is 202 Å². The third-order valence-corrected chi connectivity index (χ3v) is 7.53. The summed E-state index contributed by atoms with van der Waals surface area (Å²) < 4.78 is 20.7. The molecule has 4 N–H and O–H groups in total. The monoisotopic (exact) mass is 474 g/mol. The summed E-state index contributed by atoms with van der Waals surface area (Å²) >= 11 is 0. The van der Waals surface area contributed by atoms with E-state index in [1.807, 2.05) is 13.0 Å². The fourth-order valence-corrected chi connectivity index (χ4v) is 5.50. The zero-order valence-corrected chi connectivity index (χ0v) is 20.2. The van der Waals surface area contributed by atoms with Crippen LogP contribution < -0.4 is 16.4 Å². The number of nitrogens with two attached hydrogens (primary N) is 1. The number of carbonyl (C=O) groups excluding carboxylic acids is 2. The molecule has 1 aromatic rings. The van der Waals surface area contributed by atoms with Crippen molar-refractivity contribution in [1.29, 1.82) is 0 Å². The summed E-state index contributed by atoms with van der Waals surface area (Å²) in [6, 6.07) is 4.84. The van der Waals surface area contributed by atoms with Gasteiger partial charge in [-0.2, -0.15) is 0 Å². The molecule has 0 bridgehead atoms. The number of hydrogen-bond donors (Lipinski definition) is 3. The first-order chi connectivity index (χ1) is 16.4. The van der Waals surface area contributed by atoms with Crippen molar-refractivity contribution in [2.45, 2.75) is 82.4 Å². The topological polar surface area (TPSA) is 96.7 Å². The van der Waals surface area contributed by atoms with Gasteiger partial charge in [-0.25, -0.2) is 4.39 Å². The zero-order chi connectivity index (χ0) is 24.1. The third kappa shape index (κ3) is 6.77. The minimum Gasteiger partial charge on any atom is -0.377 e. The third-order valence-electron chi connectivity index (χ3n) is 7.53. The molecule has 2 aliphatic heterocycles. The Kier molecular flexibility index (Phi) is 8.55. The molecule has 0 radical (unpaired) electrons. The Balaban J connectivity index is 1.21. The maximum absolute atomic E-state index is 14.8. The van der Waals surface area contributed by atoms with Crippen LogP contribution in [0.25, 0.3) is 0 Å². The van der Waals surface area contributed by atoms with Gasteiger partial charge < -0.3 is 20.7 Å². The molecule has 1 unspecified atom stereocenters. The molecular formula is C26H39FN4O3. The molecule has 188 valence electrons. The molecule has 3 fully saturated rings. The average Bonchev–Trinajstić information content (AvgIpc) is 2.82. The van der Waals surface area contributed by atoms with E-state index in [9.17, 15) is 14.0 Å². The Morgan fingerprint density at radius 3 is 2.53 bits per heavy atom. The van der Waals surface area contributed by atoms with Gasteiger partial charge in [-0.15, -0.1) is 0 Å². The van der Waals surface area contributed by atoms with Crippen molar-refractivity contribution >= 4 is 17.5 Å². The number of imide groups is 1. The van der Waals surface area contributed by atoms with Crippen LogP contribution in [0.2, 0.25) is 0 Å². The van der Waals surface area contributed by atoms with E-state index in [1.54, 1.807) is 12.1 Å². The van der Waals surface area contributed by atoms with E-state index >= 15 is 0 Å². The van der Waals surface area contributed by atoms with E-state index < -0.39 is 11.9 Å². The first-order valence-corrected chi connectivity index (χ1v) is 12.9. The van der Waals surface area contributed by atoms with Gasteiger partial charge in [-0.05, 0) is 94.5 Å². The lowest BCUT2D eigenvalue weighted by molar-refractivity contribution is -0.133. The van der Waals surface area contributed by atoms with Crippen LogP contribution in [-0.4, -0.2) is 61.1 Å². The van der Waals surface area contributed by atoms with E-state index in [-0.39, 0.29) is 24.2 Å². The molecule has 2 atom stereocenters. The summed E-state index contributed by atoms with van der Waals surface area (Å²) in [5.74, 6) is 0.0922. The summed E-state index contributed by atoms with van der Waals surface area (Å²) in [5, 5.41) is 5.25. The summed E-state index contributed by atoms with van der Waals surface area (Å²) in [6.45, 7) is 5.87. The van der Waals surface area contributed by atoms with Crippen molar-refractivity contribution < 1.29 is 18.7 Å². The number of halogens is 1. The average molecular weight is 475 g/mol.